The van der Waals surface area contributed by atoms with E-state index in [9.17, 15) is 9.59 Å². The van der Waals surface area contributed by atoms with Crippen LogP contribution in [0.3, 0.4) is 0 Å². The smallest absolute Gasteiger partial charge is 0.339 e. The molecule has 2 atom stereocenters. The van der Waals surface area contributed by atoms with Crippen molar-refractivity contribution in [1.29, 1.82) is 0 Å². The molecule has 1 aliphatic rings. The standard InChI is InChI=1S/C15H20N2O3/c1-9-4-5-13(11(6-9)15(19)20-3)17-14(18)12-8-16-7-10(12)2/h4-6,10,12,16H,7-8H2,1-3H3,(H,17,18). The van der Waals surface area contributed by atoms with E-state index in [0.29, 0.717) is 23.7 Å². The van der Waals surface area contributed by atoms with E-state index in [0.717, 1.165) is 12.1 Å². The first kappa shape index (κ1) is 14.5. The Balaban J connectivity index is 2.20. The summed E-state index contributed by atoms with van der Waals surface area (Å²) < 4.78 is 4.76. The summed E-state index contributed by atoms with van der Waals surface area (Å²) in [5, 5.41) is 6.04. The fourth-order valence-electron chi connectivity index (χ4n) is 2.43. The van der Waals surface area contributed by atoms with Crippen molar-refractivity contribution in [3.05, 3.63) is 29.3 Å². The average Bonchev–Trinajstić information content (AvgIpc) is 2.86. The van der Waals surface area contributed by atoms with Crippen LogP contribution in [0.15, 0.2) is 18.2 Å². The van der Waals surface area contributed by atoms with E-state index in [-0.39, 0.29) is 11.8 Å². The van der Waals surface area contributed by atoms with Crippen molar-refractivity contribution >= 4 is 17.6 Å². The first-order valence-corrected chi connectivity index (χ1v) is 6.73. The number of aryl methyl sites for hydroxylation is 1. The molecule has 1 aromatic carbocycles. The lowest BCUT2D eigenvalue weighted by Crippen LogP contribution is -2.28. The van der Waals surface area contributed by atoms with E-state index in [4.69, 9.17) is 4.74 Å². The van der Waals surface area contributed by atoms with Crippen molar-refractivity contribution in [2.45, 2.75) is 13.8 Å². The fraction of sp³-hybridized carbons (Fsp3) is 0.467. The van der Waals surface area contributed by atoms with Gasteiger partial charge in [-0.15, -0.1) is 0 Å². The zero-order valence-corrected chi connectivity index (χ0v) is 12.0. The second-order valence-corrected chi connectivity index (χ2v) is 5.27. The molecule has 5 heteroatoms. The number of carbonyl (C=O) groups is 2. The number of amides is 1. The first-order chi connectivity index (χ1) is 9.52. The van der Waals surface area contributed by atoms with Gasteiger partial charge >= 0.3 is 5.97 Å². The monoisotopic (exact) mass is 276 g/mol. The van der Waals surface area contributed by atoms with E-state index in [2.05, 4.69) is 10.6 Å². The summed E-state index contributed by atoms with van der Waals surface area (Å²) in [6, 6.07) is 5.32. The molecule has 0 saturated carbocycles. The normalized spacial score (nSPS) is 21.6. The van der Waals surface area contributed by atoms with Crippen LogP contribution in [0.1, 0.15) is 22.8 Å². The second-order valence-electron chi connectivity index (χ2n) is 5.27. The summed E-state index contributed by atoms with van der Waals surface area (Å²) in [7, 11) is 1.33. The number of hydrogen-bond donors (Lipinski definition) is 2. The van der Waals surface area contributed by atoms with Crippen molar-refractivity contribution in [2.24, 2.45) is 11.8 Å². The maximum Gasteiger partial charge on any atom is 0.339 e. The summed E-state index contributed by atoms with van der Waals surface area (Å²) >= 11 is 0. The molecule has 0 aliphatic carbocycles. The highest BCUT2D eigenvalue weighted by Crippen LogP contribution is 2.22. The van der Waals surface area contributed by atoms with E-state index >= 15 is 0 Å². The maximum absolute atomic E-state index is 12.3. The van der Waals surface area contributed by atoms with Gasteiger partial charge < -0.3 is 15.4 Å². The van der Waals surface area contributed by atoms with Crippen LogP contribution < -0.4 is 10.6 Å². The molecule has 1 saturated heterocycles. The molecule has 1 aromatic rings. The van der Waals surface area contributed by atoms with Gasteiger partial charge in [0.1, 0.15) is 0 Å². The van der Waals surface area contributed by atoms with Crippen LogP contribution in [0.5, 0.6) is 0 Å². The highest BCUT2D eigenvalue weighted by atomic mass is 16.5. The van der Waals surface area contributed by atoms with Crippen molar-refractivity contribution in [1.82, 2.24) is 5.32 Å². The fourth-order valence-corrected chi connectivity index (χ4v) is 2.43. The number of benzene rings is 1. The summed E-state index contributed by atoms with van der Waals surface area (Å²) in [5.74, 6) is -0.276. The third-order valence-corrected chi connectivity index (χ3v) is 3.69. The molecule has 0 spiro atoms. The number of hydrogen-bond acceptors (Lipinski definition) is 4. The maximum atomic E-state index is 12.3. The van der Waals surface area contributed by atoms with Crippen LogP contribution >= 0.6 is 0 Å². The van der Waals surface area contributed by atoms with Gasteiger partial charge in [-0.2, -0.15) is 0 Å². The van der Waals surface area contributed by atoms with Gasteiger partial charge in [-0.1, -0.05) is 18.6 Å². The Morgan fingerprint density at radius 3 is 2.70 bits per heavy atom. The van der Waals surface area contributed by atoms with Crippen LogP contribution in [-0.4, -0.2) is 32.1 Å². The molecule has 0 aromatic heterocycles. The topological polar surface area (TPSA) is 67.4 Å². The molecule has 2 N–H and O–H groups in total. The van der Waals surface area contributed by atoms with E-state index < -0.39 is 5.97 Å². The van der Waals surface area contributed by atoms with Gasteiger partial charge in [-0.25, -0.2) is 4.79 Å². The number of nitrogens with one attached hydrogen (secondary N) is 2. The summed E-state index contributed by atoms with van der Waals surface area (Å²) in [5.41, 5.74) is 1.84. The Morgan fingerprint density at radius 1 is 1.35 bits per heavy atom. The Kier molecular flexibility index (Phi) is 4.39. The van der Waals surface area contributed by atoms with Crippen LogP contribution in [-0.2, 0) is 9.53 Å². The van der Waals surface area contributed by atoms with Crippen molar-refractivity contribution < 1.29 is 14.3 Å². The molecule has 108 valence electrons. The van der Waals surface area contributed by atoms with E-state index in [1.807, 2.05) is 19.9 Å². The Bertz CT molecular complexity index is 528. The molecule has 1 heterocycles. The van der Waals surface area contributed by atoms with Crippen LogP contribution in [0.25, 0.3) is 0 Å². The van der Waals surface area contributed by atoms with Crippen LogP contribution in [0, 0.1) is 18.8 Å². The lowest BCUT2D eigenvalue weighted by atomic mass is 9.97. The molecule has 2 rings (SSSR count). The number of methoxy groups -OCH3 is 1. The van der Waals surface area contributed by atoms with Gasteiger partial charge in [0.05, 0.1) is 24.3 Å². The summed E-state index contributed by atoms with van der Waals surface area (Å²) in [6.07, 6.45) is 0. The molecule has 20 heavy (non-hydrogen) atoms. The number of ether oxygens (including phenoxy) is 1. The minimum absolute atomic E-state index is 0.0588. The predicted molar refractivity (Wildman–Crippen MR) is 76.7 cm³/mol. The zero-order valence-electron chi connectivity index (χ0n) is 12.0. The van der Waals surface area contributed by atoms with Crippen molar-refractivity contribution in [3.63, 3.8) is 0 Å². The minimum Gasteiger partial charge on any atom is -0.465 e. The Morgan fingerprint density at radius 2 is 2.10 bits per heavy atom. The molecule has 5 nitrogen and oxygen atoms in total. The molecular formula is C15H20N2O3. The van der Waals surface area contributed by atoms with E-state index in [1.54, 1.807) is 12.1 Å². The Hall–Kier alpha value is -1.88. The van der Waals surface area contributed by atoms with Crippen LogP contribution in [0.2, 0.25) is 0 Å². The largest absolute Gasteiger partial charge is 0.465 e. The number of esters is 1. The lowest BCUT2D eigenvalue weighted by molar-refractivity contribution is -0.120. The second kappa shape index (κ2) is 6.05. The number of carbonyl (C=O) groups excluding carboxylic acids is 2. The van der Waals surface area contributed by atoms with Gasteiger partial charge in [0.15, 0.2) is 0 Å². The Labute approximate surface area is 118 Å². The lowest BCUT2D eigenvalue weighted by Gasteiger charge is -2.16. The highest BCUT2D eigenvalue weighted by molar-refractivity contribution is 6.02. The number of anilines is 1. The molecular weight excluding hydrogens is 256 g/mol. The third kappa shape index (κ3) is 2.99. The average molecular weight is 276 g/mol. The molecule has 2 unspecified atom stereocenters. The molecule has 0 radical (unpaired) electrons. The summed E-state index contributed by atoms with van der Waals surface area (Å²) in [6.45, 7) is 5.45. The van der Waals surface area contributed by atoms with Gasteiger partial charge in [-0.05, 0) is 31.5 Å². The quantitative estimate of drug-likeness (QED) is 0.822. The van der Waals surface area contributed by atoms with Crippen LogP contribution in [0.4, 0.5) is 5.69 Å². The molecule has 1 aliphatic heterocycles. The van der Waals surface area contributed by atoms with Crippen molar-refractivity contribution in [3.8, 4) is 0 Å². The predicted octanol–water partition coefficient (Wildman–Crippen LogP) is 1.58. The van der Waals surface area contributed by atoms with Gasteiger partial charge in [-0.3, -0.25) is 4.79 Å². The van der Waals surface area contributed by atoms with Crippen molar-refractivity contribution in [2.75, 3.05) is 25.5 Å². The molecule has 0 bridgehead atoms. The first-order valence-electron chi connectivity index (χ1n) is 6.73. The van der Waals surface area contributed by atoms with Gasteiger partial charge in [0, 0.05) is 6.54 Å². The van der Waals surface area contributed by atoms with Gasteiger partial charge in [0.25, 0.3) is 0 Å². The minimum atomic E-state index is -0.443. The SMILES string of the molecule is COC(=O)c1cc(C)ccc1NC(=O)C1CNCC1C. The highest BCUT2D eigenvalue weighted by Gasteiger charge is 2.30. The molecule has 1 fully saturated rings. The zero-order chi connectivity index (χ0) is 14.7. The van der Waals surface area contributed by atoms with Gasteiger partial charge in [0.2, 0.25) is 5.91 Å². The molecule has 1 amide bonds. The third-order valence-electron chi connectivity index (χ3n) is 3.69. The number of rotatable bonds is 3. The summed E-state index contributed by atoms with van der Waals surface area (Å²) in [4.78, 5) is 24.0. The van der Waals surface area contributed by atoms with E-state index in [1.165, 1.54) is 7.11 Å².